The van der Waals surface area contributed by atoms with Crippen molar-refractivity contribution in [2.75, 3.05) is 13.2 Å². The summed E-state index contributed by atoms with van der Waals surface area (Å²) in [6.45, 7) is 1.65. The van der Waals surface area contributed by atoms with E-state index in [1.165, 1.54) is 25.3 Å². The van der Waals surface area contributed by atoms with E-state index in [1.807, 2.05) is 0 Å². The highest BCUT2D eigenvalue weighted by Gasteiger charge is 2.20. The molecule has 0 spiro atoms. The molecule has 27 heavy (non-hydrogen) atoms. The van der Waals surface area contributed by atoms with Crippen molar-refractivity contribution in [3.63, 3.8) is 0 Å². The fourth-order valence-corrected chi connectivity index (χ4v) is 3.01. The Kier molecular flexibility index (Phi) is 8.33. The summed E-state index contributed by atoms with van der Waals surface area (Å²) in [5.74, 6) is -1.51. The van der Waals surface area contributed by atoms with Crippen LogP contribution in [0.15, 0.2) is 35.9 Å². The van der Waals surface area contributed by atoms with Gasteiger partial charge in [0.2, 0.25) is 0 Å². The lowest BCUT2D eigenvalue weighted by Gasteiger charge is -2.15. The predicted octanol–water partition coefficient (Wildman–Crippen LogP) is 3.01. The summed E-state index contributed by atoms with van der Waals surface area (Å²) in [4.78, 5) is 35.9. The van der Waals surface area contributed by atoms with Crippen molar-refractivity contribution >= 4 is 29.4 Å². The van der Waals surface area contributed by atoms with Gasteiger partial charge in [0, 0.05) is 6.54 Å². The van der Waals surface area contributed by atoms with E-state index < -0.39 is 17.9 Å². The molecule has 6 nitrogen and oxygen atoms in total. The van der Waals surface area contributed by atoms with Gasteiger partial charge in [-0.1, -0.05) is 35.4 Å². The average Bonchev–Trinajstić information content (AvgIpc) is 2.67. The van der Waals surface area contributed by atoms with Crippen LogP contribution in [0, 0.1) is 0 Å². The van der Waals surface area contributed by atoms with E-state index in [2.05, 4.69) is 16.7 Å². The molecule has 1 aromatic carbocycles. The van der Waals surface area contributed by atoms with Crippen molar-refractivity contribution in [1.82, 2.24) is 10.6 Å². The average molecular weight is 393 g/mol. The van der Waals surface area contributed by atoms with E-state index in [1.54, 1.807) is 24.3 Å². The van der Waals surface area contributed by atoms with E-state index in [4.69, 9.17) is 16.3 Å². The standard InChI is InChI=1S/C20H25ClN2O4/c1-14(23-19(25)16-9-5-6-10-17(16)21)20(26)27-13-18(24)22-12-11-15-7-3-2-4-8-15/h5-7,9-10,14H,2-4,8,11-13H2,1H3,(H,22,24)(H,23,25)/t14-/m0/s1. The molecule has 2 N–H and O–H groups in total. The van der Waals surface area contributed by atoms with Crippen LogP contribution in [0.5, 0.6) is 0 Å². The summed E-state index contributed by atoms with van der Waals surface area (Å²) in [6, 6.07) is 5.64. The molecule has 0 radical (unpaired) electrons. The quantitative estimate of drug-likeness (QED) is 0.526. The molecule has 0 saturated carbocycles. The molecule has 1 aliphatic carbocycles. The number of carbonyl (C=O) groups is 3. The Morgan fingerprint density at radius 3 is 2.70 bits per heavy atom. The van der Waals surface area contributed by atoms with Gasteiger partial charge in [0.05, 0.1) is 10.6 Å². The minimum Gasteiger partial charge on any atom is -0.454 e. The van der Waals surface area contributed by atoms with Gasteiger partial charge in [0.1, 0.15) is 6.04 Å². The molecule has 1 aliphatic rings. The highest BCUT2D eigenvalue weighted by atomic mass is 35.5. The van der Waals surface area contributed by atoms with Gasteiger partial charge in [-0.3, -0.25) is 9.59 Å². The molecule has 146 valence electrons. The van der Waals surface area contributed by atoms with Gasteiger partial charge in [-0.2, -0.15) is 0 Å². The molecule has 0 bridgehead atoms. The summed E-state index contributed by atoms with van der Waals surface area (Å²) < 4.78 is 4.96. The Morgan fingerprint density at radius 1 is 1.22 bits per heavy atom. The van der Waals surface area contributed by atoms with Crippen LogP contribution in [0.25, 0.3) is 0 Å². The molecular formula is C20H25ClN2O4. The topological polar surface area (TPSA) is 84.5 Å². The highest BCUT2D eigenvalue weighted by molar-refractivity contribution is 6.33. The molecule has 0 aromatic heterocycles. The smallest absolute Gasteiger partial charge is 0.328 e. The molecule has 0 aliphatic heterocycles. The van der Waals surface area contributed by atoms with Crippen molar-refractivity contribution in [3.05, 3.63) is 46.5 Å². The van der Waals surface area contributed by atoms with Crippen LogP contribution >= 0.6 is 11.6 Å². The zero-order chi connectivity index (χ0) is 19.6. The Hall–Kier alpha value is -2.34. The minimum atomic E-state index is -0.894. The fraction of sp³-hybridized carbons (Fsp3) is 0.450. The van der Waals surface area contributed by atoms with Gasteiger partial charge >= 0.3 is 5.97 Å². The maximum atomic E-state index is 12.1. The summed E-state index contributed by atoms with van der Waals surface area (Å²) in [5.41, 5.74) is 1.64. The third kappa shape index (κ3) is 7.06. The van der Waals surface area contributed by atoms with Crippen molar-refractivity contribution in [2.45, 2.75) is 45.1 Å². The normalized spacial score (nSPS) is 14.7. The first kappa shape index (κ1) is 21.0. The van der Waals surface area contributed by atoms with E-state index in [-0.39, 0.29) is 18.1 Å². The van der Waals surface area contributed by atoms with Crippen molar-refractivity contribution in [3.8, 4) is 0 Å². The zero-order valence-corrected chi connectivity index (χ0v) is 16.2. The predicted molar refractivity (Wildman–Crippen MR) is 104 cm³/mol. The second-order valence-electron chi connectivity index (χ2n) is 6.49. The largest absolute Gasteiger partial charge is 0.454 e. The molecule has 7 heteroatoms. The zero-order valence-electron chi connectivity index (χ0n) is 15.4. The number of esters is 1. The van der Waals surface area contributed by atoms with Gasteiger partial charge in [-0.05, 0) is 51.2 Å². The van der Waals surface area contributed by atoms with Gasteiger partial charge in [0.15, 0.2) is 6.61 Å². The number of hydrogen-bond donors (Lipinski definition) is 2. The first-order valence-corrected chi connectivity index (χ1v) is 9.52. The Bertz CT molecular complexity index is 718. The van der Waals surface area contributed by atoms with Gasteiger partial charge in [-0.15, -0.1) is 0 Å². The number of nitrogens with one attached hydrogen (secondary N) is 2. The first-order valence-electron chi connectivity index (χ1n) is 9.14. The van der Waals surface area contributed by atoms with Crippen molar-refractivity contribution in [2.24, 2.45) is 0 Å². The number of carbonyl (C=O) groups excluding carboxylic acids is 3. The number of benzene rings is 1. The molecule has 2 rings (SSSR count). The maximum Gasteiger partial charge on any atom is 0.328 e. The Morgan fingerprint density at radius 2 is 2.00 bits per heavy atom. The van der Waals surface area contributed by atoms with Crippen LogP contribution < -0.4 is 10.6 Å². The van der Waals surface area contributed by atoms with Crippen LogP contribution in [0.3, 0.4) is 0 Å². The van der Waals surface area contributed by atoms with Crippen molar-refractivity contribution in [1.29, 1.82) is 0 Å². The van der Waals surface area contributed by atoms with Gasteiger partial charge in [0.25, 0.3) is 11.8 Å². The van der Waals surface area contributed by atoms with E-state index in [9.17, 15) is 14.4 Å². The molecular weight excluding hydrogens is 368 g/mol. The lowest BCUT2D eigenvalue weighted by molar-refractivity contribution is -0.150. The van der Waals surface area contributed by atoms with Crippen molar-refractivity contribution < 1.29 is 19.1 Å². The van der Waals surface area contributed by atoms with Crippen LogP contribution in [0.2, 0.25) is 5.02 Å². The summed E-state index contributed by atoms with van der Waals surface area (Å²) in [6.07, 6.45) is 7.70. The second-order valence-corrected chi connectivity index (χ2v) is 6.90. The number of ether oxygens (including phenoxy) is 1. The second kappa shape index (κ2) is 10.7. The highest BCUT2D eigenvalue weighted by Crippen LogP contribution is 2.19. The van der Waals surface area contributed by atoms with Crippen LogP contribution in [0.4, 0.5) is 0 Å². The van der Waals surface area contributed by atoms with E-state index >= 15 is 0 Å². The van der Waals surface area contributed by atoms with Crippen LogP contribution in [-0.2, 0) is 14.3 Å². The monoisotopic (exact) mass is 392 g/mol. The number of amides is 2. The SMILES string of the molecule is C[C@H](NC(=O)c1ccccc1Cl)C(=O)OCC(=O)NCCC1=CCCCC1. The van der Waals surface area contributed by atoms with E-state index in [0.717, 1.165) is 19.3 Å². The Balaban J connectivity index is 1.68. The van der Waals surface area contributed by atoms with Crippen LogP contribution in [0.1, 0.15) is 49.4 Å². The lowest BCUT2D eigenvalue weighted by Crippen LogP contribution is -2.41. The first-order chi connectivity index (χ1) is 13.0. The molecule has 2 amide bonds. The summed E-state index contributed by atoms with van der Waals surface area (Å²) >= 11 is 5.96. The van der Waals surface area contributed by atoms with Gasteiger partial charge in [-0.25, -0.2) is 4.79 Å². The summed E-state index contributed by atoms with van der Waals surface area (Å²) in [5, 5.41) is 5.54. The maximum absolute atomic E-state index is 12.1. The molecule has 1 aromatic rings. The Labute approximate surface area is 164 Å². The third-order valence-electron chi connectivity index (χ3n) is 4.32. The number of halogens is 1. The van der Waals surface area contributed by atoms with Gasteiger partial charge < -0.3 is 15.4 Å². The molecule has 0 heterocycles. The van der Waals surface area contributed by atoms with Crippen LogP contribution in [-0.4, -0.2) is 37.0 Å². The molecule has 0 fully saturated rings. The number of rotatable bonds is 8. The number of allylic oxidation sites excluding steroid dienone is 1. The number of hydrogen-bond acceptors (Lipinski definition) is 4. The minimum absolute atomic E-state index is 0.272. The fourth-order valence-electron chi connectivity index (χ4n) is 2.79. The lowest BCUT2D eigenvalue weighted by atomic mass is 9.97. The molecule has 0 saturated heterocycles. The summed E-state index contributed by atoms with van der Waals surface area (Å²) in [7, 11) is 0. The van der Waals surface area contributed by atoms with E-state index in [0.29, 0.717) is 11.6 Å². The molecule has 0 unspecified atom stereocenters. The third-order valence-corrected chi connectivity index (χ3v) is 4.65. The molecule has 1 atom stereocenters.